The molecule has 4 rings (SSSR count). The Bertz CT molecular complexity index is 661. The highest BCUT2D eigenvalue weighted by molar-refractivity contribution is 5.77. The van der Waals surface area contributed by atoms with Gasteiger partial charge in [-0.15, -0.1) is 0 Å². The van der Waals surface area contributed by atoms with Gasteiger partial charge in [-0.2, -0.15) is 0 Å². The molecule has 0 bridgehead atoms. The van der Waals surface area contributed by atoms with Gasteiger partial charge in [0.25, 0.3) is 0 Å². The van der Waals surface area contributed by atoms with Crippen molar-refractivity contribution in [1.29, 1.82) is 0 Å². The van der Waals surface area contributed by atoms with E-state index in [1.54, 1.807) is 0 Å². The third-order valence-corrected chi connectivity index (χ3v) is 3.42. The summed E-state index contributed by atoms with van der Waals surface area (Å²) in [4.78, 5) is 4.18. The van der Waals surface area contributed by atoms with Crippen molar-refractivity contribution in [3.05, 3.63) is 72.4 Å². The molecule has 2 heterocycles. The van der Waals surface area contributed by atoms with Crippen LogP contribution in [0.3, 0.4) is 0 Å². The van der Waals surface area contributed by atoms with E-state index in [4.69, 9.17) is 10.5 Å². The van der Waals surface area contributed by atoms with E-state index in [1.807, 2.05) is 48.7 Å². The molecule has 1 aliphatic rings. The number of pyridine rings is 1. The summed E-state index contributed by atoms with van der Waals surface area (Å²) in [6, 6.07) is 20.3. The van der Waals surface area contributed by atoms with Gasteiger partial charge >= 0.3 is 0 Å². The molecule has 2 aromatic carbocycles. The van der Waals surface area contributed by atoms with E-state index >= 15 is 0 Å². The third kappa shape index (κ3) is 3.38. The van der Waals surface area contributed by atoms with Crippen molar-refractivity contribution < 1.29 is 4.74 Å². The molecular formula is C18H18N2O. The fourth-order valence-corrected chi connectivity index (χ4v) is 2.37. The summed E-state index contributed by atoms with van der Waals surface area (Å²) in [5.41, 5.74) is 8.01. The highest BCUT2D eigenvalue weighted by Gasteiger charge is 2.14. The van der Waals surface area contributed by atoms with Gasteiger partial charge in [-0.3, -0.25) is 4.98 Å². The molecule has 0 radical (unpaired) electrons. The van der Waals surface area contributed by atoms with Gasteiger partial charge in [-0.05, 0) is 30.2 Å². The molecule has 3 nitrogen and oxygen atoms in total. The van der Waals surface area contributed by atoms with Gasteiger partial charge in [0.1, 0.15) is 12.4 Å². The van der Waals surface area contributed by atoms with Crippen LogP contribution < -0.4 is 10.5 Å². The van der Waals surface area contributed by atoms with Gasteiger partial charge in [0.2, 0.25) is 0 Å². The van der Waals surface area contributed by atoms with Crippen LogP contribution in [0.4, 0.5) is 0 Å². The first kappa shape index (κ1) is 13.6. The summed E-state index contributed by atoms with van der Waals surface area (Å²) in [5, 5.41) is 1.20. The van der Waals surface area contributed by atoms with E-state index in [0.29, 0.717) is 6.61 Å². The summed E-state index contributed by atoms with van der Waals surface area (Å²) in [6.07, 6.45) is 2.75. The normalized spacial score (nSPS) is 16.3. The highest BCUT2D eigenvalue weighted by atomic mass is 16.5. The molecule has 1 aliphatic heterocycles. The Labute approximate surface area is 124 Å². The molecule has 1 unspecified atom stereocenters. The lowest BCUT2D eigenvalue weighted by atomic mass is 10.0. The standard InChI is InChI=1S/C9H11NO.C9H7N/c10-8-5-7-3-1-2-4-9(7)11-6-8;1-2-6-9-8(4-1)5-3-7-10-9/h1-4,8H,5-6,10H2;1-7H. The second kappa shape index (κ2) is 6.37. The molecule has 0 saturated heterocycles. The maximum absolute atomic E-state index is 5.72. The quantitative estimate of drug-likeness (QED) is 0.687. The van der Waals surface area contributed by atoms with Crippen molar-refractivity contribution in [1.82, 2.24) is 4.98 Å². The van der Waals surface area contributed by atoms with Crippen LogP contribution in [-0.4, -0.2) is 17.6 Å². The van der Waals surface area contributed by atoms with Crippen LogP contribution in [0.15, 0.2) is 66.9 Å². The SMILES string of the molecule is NC1COc2ccccc2C1.c1ccc2ncccc2c1. The lowest BCUT2D eigenvalue weighted by molar-refractivity contribution is 0.263. The van der Waals surface area contributed by atoms with Crippen molar-refractivity contribution in [2.24, 2.45) is 5.73 Å². The van der Waals surface area contributed by atoms with Crippen LogP contribution in [0, 0.1) is 0 Å². The number of hydrogen-bond acceptors (Lipinski definition) is 3. The van der Waals surface area contributed by atoms with Crippen molar-refractivity contribution in [2.75, 3.05) is 6.61 Å². The van der Waals surface area contributed by atoms with Gasteiger partial charge in [0, 0.05) is 17.6 Å². The van der Waals surface area contributed by atoms with E-state index in [9.17, 15) is 0 Å². The summed E-state index contributed by atoms with van der Waals surface area (Å²) in [7, 11) is 0. The van der Waals surface area contributed by atoms with Crippen molar-refractivity contribution in [3.8, 4) is 5.75 Å². The van der Waals surface area contributed by atoms with Crippen LogP contribution in [0.1, 0.15) is 5.56 Å². The maximum Gasteiger partial charge on any atom is 0.122 e. The molecule has 1 atom stereocenters. The lowest BCUT2D eigenvalue weighted by Gasteiger charge is -2.21. The van der Waals surface area contributed by atoms with Crippen LogP contribution in [0.2, 0.25) is 0 Å². The molecule has 21 heavy (non-hydrogen) atoms. The minimum Gasteiger partial charge on any atom is -0.492 e. The van der Waals surface area contributed by atoms with Gasteiger partial charge in [-0.1, -0.05) is 42.5 Å². The first-order valence-corrected chi connectivity index (χ1v) is 7.09. The van der Waals surface area contributed by atoms with E-state index in [0.717, 1.165) is 17.7 Å². The fraction of sp³-hybridized carbons (Fsp3) is 0.167. The Morgan fingerprint density at radius 3 is 2.62 bits per heavy atom. The highest BCUT2D eigenvalue weighted by Crippen LogP contribution is 2.22. The summed E-state index contributed by atoms with van der Waals surface area (Å²) in [5.74, 6) is 0.995. The molecule has 0 amide bonds. The Morgan fingerprint density at radius 1 is 0.952 bits per heavy atom. The predicted molar refractivity (Wildman–Crippen MR) is 85.4 cm³/mol. The summed E-state index contributed by atoms with van der Waals surface area (Å²) < 4.78 is 5.41. The smallest absolute Gasteiger partial charge is 0.122 e. The number of aromatic nitrogens is 1. The number of benzene rings is 2. The zero-order valence-electron chi connectivity index (χ0n) is 11.8. The summed E-state index contributed by atoms with van der Waals surface area (Å²) >= 11 is 0. The molecule has 0 spiro atoms. The van der Waals surface area contributed by atoms with Crippen LogP contribution in [-0.2, 0) is 6.42 Å². The molecule has 2 N–H and O–H groups in total. The average molecular weight is 278 g/mol. The molecule has 106 valence electrons. The molecular weight excluding hydrogens is 260 g/mol. The first-order chi connectivity index (χ1) is 10.3. The Hall–Kier alpha value is -2.39. The van der Waals surface area contributed by atoms with E-state index in [2.05, 4.69) is 23.2 Å². The second-order valence-corrected chi connectivity index (χ2v) is 5.08. The largest absolute Gasteiger partial charge is 0.492 e. The number of fused-ring (bicyclic) bond motifs is 2. The Balaban J connectivity index is 0.000000126. The minimum atomic E-state index is 0.171. The van der Waals surface area contributed by atoms with Crippen LogP contribution in [0.25, 0.3) is 10.9 Å². The zero-order chi connectivity index (χ0) is 14.5. The number of hydrogen-bond donors (Lipinski definition) is 1. The van der Waals surface area contributed by atoms with Gasteiger partial charge in [0.15, 0.2) is 0 Å². The van der Waals surface area contributed by atoms with Crippen molar-refractivity contribution in [2.45, 2.75) is 12.5 Å². The maximum atomic E-state index is 5.72. The summed E-state index contributed by atoms with van der Waals surface area (Å²) in [6.45, 7) is 0.650. The molecule has 0 aliphatic carbocycles. The predicted octanol–water partition coefficient (Wildman–Crippen LogP) is 3.18. The minimum absolute atomic E-state index is 0.171. The van der Waals surface area contributed by atoms with Gasteiger partial charge < -0.3 is 10.5 Å². The number of ether oxygens (including phenoxy) is 1. The van der Waals surface area contributed by atoms with Crippen LogP contribution in [0.5, 0.6) is 5.75 Å². The Morgan fingerprint density at radius 2 is 1.71 bits per heavy atom. The van der Waals surface area contributed by atoms with Crippen molar-refractivity contribution in [3.63, 3.8) is 0 Å². The number of para-hydroxylation sites is 2. The molecule has 1 aromatic heterocycles. The van der Waals surface area contributed by atoms with E-state index < -0.39 is 0 Å². The first-order valence-electron chi connectivity index (χ1n) is 7.09. The van der Waals surface area contributed by atoms with Gasteiger partial charge in [-0.25, -0.2) is 0 Å². The van der Waals surface area contributed by atoms with Gasteiger partial charge in [0.05, 0.1) is 5.52 Å². The Kier molecular flexibility index (Phi) is 4.12. The molecule has 0 fully saturated rings. The van der Waals surface area contributed by atoms with Crippen LogP contribution >= 0.6 is 0 Å². The molecule has 3 heteroatoms. The fourth-order valence-electron chi connectivity index (χ4n) is 2.37. The molecule has 3 aromatic rings. The second-order valence-electron chi connectivity index (χ2n) is 5.08. The molecule has 0 saturated carbocycles. The zero-order valence-corrected chi connectivity index (χ0v) is 11.8. The lowest BCUT2D eigenvalue weighted by Crippen LogP contribution is -2.33. The topological polar surface area (TPSA) is 48.1 Å². The number of rotatable bonds is 0. The van der Waals surface area contributed by atoms with Crippen molar-refractivity contribution >= 4 is 10.9 Å². The monoisotopic (exact) mass is 278 g/mol. The average Bonchev–Trinajstić information content (AvgIpc) is 2.55. The van der Waals surface area contributed by atoms with E-state index in [1.165, 1.54) is 10.9 Å². The number of nitrogens with two attached hydrogens (primary N) is 1. The number of nitrogens with zero attached hydrogens (tertiary/aromatic N) is 1. The third-order valence-electron chi connectivity index (χ3n) is 3.42. The van der Waals surface area contributed by atoms with E-state index in [-0.39, 0.29) is 6.04 Å².